The molecule has 2 saturated heterocycles. The van der Waals surface area contributed by atoms with E-state index in [1.165, 1.54) is 12.1 Å². The fourth-order valence-corrected chi connectivity index (χ4v) is 8.59. The van der Waals surface area contributed by atoms with E-state index in [-0.39, 0.29) is 28.9 Å². The van der Waals surface area contributed by atoms with Crippen molar-refractivity contribution in [3.8, 4) is 0 Å². The first kappa shape index (κ1) is 36.9. The van der Waals surface area contributed by atoms with Gasteiger partial charge in [-0.05, 0) is 50.7 Å². The molecule has 15 nitrogen and oxygen atoms in total. The van der Waals surface area contributed by atoms with E-state index in [1.54, 1.807) is 54.2 Å². The van der Waals surface area contributed by atoms with E-state index in [9.17, 15) is 18.8 Å². The van der Waals surface area contributed by atoms with Gasteiger partial charge in [-0.1, -0.05) is 51.6 Å². The number of hydrogen-bond acceptors (Lipinski definition) is 10. The Morgan fingerprint density at radius 2 is 1.39 bits per heavy atom. The molecule has 6 heterocycles. The Morgan fingerprint density at radius 3 is 1.88 bits per heavy atom. The SMILES string of the molecule is O=C(NC1CC2CCC(C1)N2CCCn1nc2n(c1=O)CCS2)c1ccccc1F.O=C(O)C(=O)O.O=c1n(CCCBr)nc2n1CCS2. The number of amides is 1. The number of carbonyl (C=O) groups is 3. The van der Waals surface area contributed by atoms with Crippen LogP contribution in [0.4, 0.5) is 4.39 Å². The highest BCUT2D eigenvalue weighted by Gasteiger charge is 2.40. The number of carbonyl (C=O) groups excluding carboxylic acids is 1. The zero-order valence-corrected chi connectivity index (χ0v) is 29.8. The lowest BCUT2D eigenvalue weighted by molar-refractivity contribution is -0.159. The van der Waals surface area contributed by atoms with E-state index < -0.39 is 17.8 Å². The van der Waals surface area contributed by atoms with Gasteiger partial charge in [-0.3, -0.25) is 18.8 Å². The number of carboxylic acids is 2. The molecule has 4 aliphatic heterocycles. The molecule has 0 spiro atoms. The molecule has 3 aromatic rings. The zero-order chi connectivity index (χ0) is 35.1. The van der Waals surface area contributed by atoms with Crippen LogP contribution < -0.4 is 16.7 Å². The second kappa shape index (κ2) is 17.0. The van der Waals surface area contributed by atoms with E-state index in [4.69, 9.17) is 19.8 Å². The van der Waals surface area contributed by atoms with E-state index in [1.807, 2.05) is 0 Å². The molecule has 19 heteroatoms. The minimum atomic E-state index is -1.82. The second-order valence-corrected chi connectivity index (χ2v) is 14.7. The monoisotopic (exact) mass is 784 g/mol. The van der Waals surface area contributed by atoms with Crippen LogP contribution in [0.15, 0.2) is 44.2 Å². The third-order valence-electron chi connectivity index (χ3n) is 8.68. The van der Waals surface area contributed by atoms with Crippen LogP contribution in [-0.2, 0) is 35.8 Å². The summed E-state index contributed by atoms with van der Waals surface area (Å²) in [6.07, 6.45) is 5.89. The number of nitrogens with one attached hydrogen (secondary N) is 1. The molecule has 2 fully saturated rings. The van der Waals surface area contributed by atoms with Crippen molar-refractivity contribution < 1.29 is 29.0 Å². The Kier molecular flexibility index (Phi) is 12.8. The average molecular weight is 786 g/mol. The molecule has 2 bridgehead atoms. The highest BCUT2D eigenvalue weighted by atomic mass is 79.9. The van der Waals surface area contributed by atoms with E-state index in [2.05, 4.69) is 36.3 Å². The van der Waals surface area contributed by atoms with Crippen molar-refractivity contribution in [2.24, 2.45) is 0 Å². The second-order valence-electron chi connectivity index (χ2n) is 11.8. The van der Waals surface area contributed by atoms with Gasteiger partial charge in [-0.2, -0.15) is 0 Å². The third kappa shape index (κ3) is 9.04. The number of fused-ring (bicyclic) bond motifs is 4. The minimum absolute atomic E-state index is 0.00698. The molecule has 7 rings (SSSR count). The minimum Gasteiger partial charge on any atom is -0.473 e. The van der Waals surface area contributed by atoms with Gasteiger partial charge in [0.05, 0.1) is 5.56 Å². The van der Waals surface area contributed by atoms with Gasteiger partial charge in [-0.25, -0.2) is 32.9 Å². The fraction of sp³-hybridized carbons (Fsp3) is 0.567. The van der Waals surface area contributed by atoms with Gasteiger partial charge in [0, 0.05) is 67.7 Å². The number of rotatable bonds is 9. The summed E-state index contributed by atoms with van der Waals surface area (Å²) in [6, 6.07) is 7.09. The number of nitrogens with zero attached hydrogens (tertiary/aromatic N) is 7. The first-order valence-electron chi connectivity index (χ1n) is 16.0. The fourth-order valence-electron chi connectivity index (χ4n) is 6.46. The Balaban J connectivity index is 0.000000203. The van der Waals surface area contributed by atoms with Gasteiger partial charge in [0.15, 0.2) is 10.3 Å². The first-order valence-corrected chi connectivity index (χ1v) is 19.1. The lowest BCUT2D eigenvalue weighted by Gasteiger charge is -2.39. The van der Waals surface area contributed by atoms with Crippen LogP contribution in [0.25, 0.3) is 0 Å². The number of halogens is 2. The third-order valence-corrected chi connectivity index (χ3v) is 11.1. The Bertz CT molecular complexity index is 1750. The molecule has 1 amide bonds. The molecule has 2 unspecified atom stereocenters. The smallest absolute Gasteiger partial charge is 0.414 e. The normalized spacial score (nSPS) is 20.4. The van der Waals surface area contributed by atoms with Crippen molar-refractivity contribution >= 4 is 57.3 Å². The van der Waals surface area contributed by atoms with Gasteiger partial charge in [0.25, 0.3) is 5.91 Å². The van der Waals surface area contributed by atoms with Crippen LogP contribution in [0, 0.1) is 5.82 Å². The molecule has 4 aliphatic rings. The van der Waals surface area contributed by atoms with Gasteiger partial charge >= 0.3 is 23.3 Å². The van der Waals surface area contributed by atoms with Crippen LogP contribution in [0.1, 0.15) is 48.9 Å². The summed E-state index contributed by atoms with van der Waals surface area (Å²) in [7, 11) is 0. The molecule has 49 heavy (non-hydrogen) atoms. The standard InChI is InChI=1S/C21H26FN5O2S.C7H10BrN3OS.C2H2O4/c22-18-5-2-1-4-17(18)19(28)23-14-12-15-6-7-16(13-14)25(15)8-3-9-27-21(29)26-10-11-30-20(26)24-27;8-2-1-3-11-7(12)10-4-5-13-6(10)9-11;3-1(4)2(5)6/h1-2,4-5,14-16H,3,6-13H2,(H,23,28);1-5H2;(H,3,4)(H,5,6). The molecule has 1 aromatic carbocycles. The quantitative estimate of drug-likeness (QED) is 0.213. The van der Waals surface area contributed by atoms with Crippen molar-refractivity contribution in [1.29, 1.82) is 0 Å². The lowest BCUT2D eigenvalue weighted by Crippen LogP contribution is -2.50. The number of aryl methyl sites for hydroxylation is 2. The molecule has 3 N–H and O–H groups in total. The predicted octanol–water partition coefficient (Wildman–Crippen LogP) is 2.20. The Hall–Kier alpha value is -3.42. The summed E-state index contributed by atoms with van der Waals surface area (Å²) >= 11 is 6.63. The molecule has 0 radical (unpaired) electrons. The summed E-state index contributed by atoms with van der Waals surface area (Å²) in [4.78, 5) is 57.1. The van der Waals surface area contributed by atoms with Crippen molar-refractivity contribution in [1.82, 2.24) is 38.9 Å². The number of hydrogen-bond donors (Lipinski definition) is 3. The van der Waals surface area contributed by atoms with Gasteiger partial charge < -0.3 is 15.5 Å². The van der Waals surface area contributed by atoms with Crippen molar-refractivity contribution in [2.75, 3.05) is 23.4 Å². The van der Waals surface area contributed by atoms with E-state index in [0.29, 0.717) is 25.2 Å². The molecular formula is C30H38BrFN8O7S2. The highest BCUT2D eigenvalue weighted by molar-refractivity contribution is 9.09. The Morgan fingerprint density at radius 1 is 0.857 bits per heavy atom. The number of carboxylic acid groups (broad SMARTS) is 2. The number of alkyl halides is 1. The zero-order valence-electron chi connectivity index (χ0n) is 26.6. The maximum Gasteiger partial charge on any atom is 0.414 e. The maximum atomic E-state index is 13.9. The number of thioether (sulfide) groups is 2. The predicted molar refractivity (Wildman–Crippen MR) is 183 cm³/mol. The largest absolute Gasteiger partial charge is 0.473 e. The molecule has 266 valence electrons. The van der Waals surface area contributed by atoms with Crippen LogP contribution >= 0.6 is 39.5 Å². The summed E-state index contributed by atoms with van der Waals surface area (Å²) < 4.78 is 20.6. The highest BCUT2D eigenvalue weighted by Crippen LogP contribution is 2.36. The van der Waals surface area contributed by atoms with Gasteiger partial charge in [0.1, 0.15) is 5.82 Å². The van der Waals surface area contributed by atoms with Crippen LogP contribution in [0.2, 0.25) is 0 Å². The number of aliphatic carboxylic acids is 2. The summed E-state index contributed by atoms with van der Waals surface area (Å²) in [5, 5.41) is 29.1. The van der Waals surface area contributed by atoms with Crippen LogP contribution in [-0.4, -0.2) is 103 Å². The van der Waals surface area contributed by atoms with Crippen LogP contribution in [0.5, 0.6) is 0 Å². The van der Waals surface area contributed by atoms with Crippen molar-refractivity contribution in [2.45, 2.75) is 93.1 Å². The number of piperidine rings is 1. The van der Waals surface area contributed by atoms with Gasteiger partial charge in [-0.15, -0.1) is 10.2 Å². The molecule has 2 aromatic heterocycles. The van der Waals surface area contributed by atoms with Gasteiger partial charge in [0.2, 0.25) is 0 Å². The van der Waals surface area contributed by atoms with Crippen LogP contribution in [0.3, 0.4) is 0 Å². The topological polar surface area (TPSA) is 187 Å². The van der Waals surface area contributed by atoms with E-state index in [0.717, 1.165) is 85.3 Å². The number of aromatic nitrogens is 6. The summed E-state index contributed by atoms with van der Waals surface area (Å²) in [5.74, 6) is -2.53. The average Bonchev–Trinajstić information content (AvgIpc) is 3.89. The van der Waals surface area contributed by atoms with Crippen molar-refractivity contribution in [3.63, 3.8) is 0 Å². The summed E-state index contributed by atoms with van der Waals surface area (Å²) in [5.41, 5.74) is 0.163. The molecule has 0 saturated carbocycles. The Labute approximate surface area is 297 Å². The lowest BCUT2D eigenvalue weighted by atomic mass is 9.96. The molecule has 0 aliphatic carbocycles. The summed E-state index contributed by atoms with van der Waals surface area (Å²) in [6.45, 7) is 3.86. The van der Waals surface area contributed by atoms with E-state index >= 15 is 0 Å². The molecule has 2 atom stereocenters. The number of benzene rings is 1. The van der Waals surface area contributed by atoms with Crippen molar-refractivity contribution in [3.05, 3.63) is 56.6 Å². The molecular weight excluding hydrogens is 747 g/mol. The maximum absolute atomic E-state index is 13.9. The first-order chi connectivity index (χ1) is 23.6.